The standard InChI is InChI=1S/C18H22N2O2/c1-12-5-4-6-13-11-14(18(22)20-17(12)13)9-10-16(21)19-15-7-2-3-8-15/h4-6,11,15H,2-3,7-10H2,1H3,(H,19,21)(H,20,22). The van der Waals surface area contributed by atoms with Gasteiger partial charge in [0.1, 0.15) is 0 Å². The molecule has 1 aliphatic carbocycles. The molecule has 0 spiro atoms. The summed E-state index contributed by atoms with van der Waals surface area (Å²) in [7, 11) is 0. The highest BCUT2D eigenvalue weighted by molar-refractivity contribution is 5.82. The Morgan fingerprint density at radius 3 is 2.86 bits per heavy atom. The summed E-state index contributed by atoms with van der Waals surface area (Å²) in [5, 5.41) is 4.08. The van der Waals surface area contributed by atoms with Crippen LogP contribution in [0, 0.1) is 6.92 Å². The van der Waals surface area contributed by atoms with Crippen LogP contribution in [0.15, 0.2) is 29.1 Å². The van der Waals surface area contributed by atoms with Crippen molar-refractivity contribution in [2.75, 3.05) is 0 Å². The SMILES string of the molecule is Cc1cccc2cc(CCC(=O)NC3CCCC3)c(=O)[nH]c12. The van der Waals surface area contributed by atoms with Gasteiger partial charge in [0.2, 0.25) is 5.91 Å². The average Bonchev–Trinajstić information content (AvgIpc) is 2.99. The quantitative estimate of drug-likeness (QED) is 0.911. The second-order valence-corrected chi connectivity index (χ2v) is 6.21. The fourth-order valence-electron chi connectivity index (χ4n) is 3.23. The van der Waals surface area contributed by atoms with Crippen LogP contribution in [0.1, 0.15) is 43.2 Å². The van der Waals surface area contributed by atoms with Crippen molar-refractivity contribution in [2.45, 2.75) is 51.5 Å². The molecular weight excluding hydrogens is 276 g/mol. The average molecular weight is 298 g/mol. The van der Waals surface area contributed by atoms with E-state index in [-0.39, 0.29) is 11.5 Å². The summed E-state index contributed by atoms with van der Waals surface area (Å²) >= 11 is 0. The maximum absolute atomic E-state index is 12.2. The topological polar surface area (TPSA) is 62.0 Å². The molecule has 4 heteroatoms. The number of H-pyrrole nitrogens is 1. The third-order valence-corrected chi connectivity index (χ3v) is 4.51. The molecule has 3 rings (SSSR count). The number of aromatic amines is 1. The molecule has 22 heavy (non-hydrogen) atoms. The van der Waals surface area contributed by atoms with E-state index in [1.807, 2.05) is 31.2 Å². The second kappa shape index (κ2) is 6.34. The predicted octanol–water partition coefficient (Wildman–Crippen LogP) is 2.83. The highest BCUT2D eigenvalue weighted by Crippen LogP contribution is 2.18. The van der Waals surface area contributed by atoms with Crippen LogP contribution in [0.3, 0.4) is 0 Å². The molecule has 1 aromatic heterocycles. The molecule has 116 valence electrons. The number of hydrogen-bond acceptors (Lipinski definition) is 2. The summed E-state index contributed by atoms with van der Waals surface area (Å²) in [5.74, 6) is 0.0515. The van der Waals surface area contributed by atoms with Crippen molar-refractivity contribution in [3.63, 3.8) is 0 Å². The van der Waals surface area contributed by atoms with Gasteiger partial charge in [-0.3, -0.25) is 9.59 Å². The molecule has 0 unspecified atom stereocenters. The van der Waals surface area contributed by atoms with Crippen molar-refractivity contribution >= 4 is 16.8 Å². The molecule has 1 amide bonds. The fraction of sp³-hybridized carbons (Fsp3) is 0.444. The number of amides is 1. The Hall–Kier alpha value is -2.10. The predicted molar refractivity (Wildman–Crippen MR) is 88.0 cm³/mol. The summed E-state index contributed by atoms with van der Waals surface area (Å²) in [6, 6.07) is 8.19. The lowest BCUT2D eigenvalue weighted by Gasteiger charge is -2.11. The zero-order valence-electron chi connectivity index (χ0n) is 12.9. The Bertz CT molecular complexity index is 742. The second-order valence-electron chi connectivity index (χ2n) is 6.21. The third-order valence-electron chi connectivity index (χ3n) is 4.51. The number of benzene rings is 1. The van der Waals surface area contributed by atoms with Crippen molar-refractivity contribution in [1.29, 1.82) is 0 Å². The number of nitrogens with one attached hydrogen (secondary N) is 2. The van der Waals surface area contributed by atoms with E-state index in [0.29, 0.717) is 24.4 Å². The van der Waals surface area contributed by atoms with Crippen LogP contribution in [0.5, 0.6) is 0 Å². The third kappa shape index (κ3) is 3.21. The van der Waals surface area contributed by atoms with Crippen LogP contribution in [0.25, 0.3) is 10.9 Å². The Labute approximate surface area is 129 Å². The van der Waals surface area contributed by atoms with Crippen LogP contribution in [0.2, 0.25) is 0 Å². The first-order valence-corrected chi connectivity index (χ1v) is 8.04. The van der Waals surface area contributed by atoms with Crippen molar-refractivity contribution in [3.8, 4) is 0 Å². The molecule has 4 nitrogen and oxygen atoms in total. The van der Waals surface area contributed by atoms with Gasteiger partial charge >= 0.3 is 0 Å². The number of hydrogen-bond donors (Lipinski definition) is 2. The van der Waals surface area contributed by atoms with Gasteiger partial charge in [-0.15, -0.1) is 0 Å². The summed E-state index contributed by atoms with van der Waals surface area (Å²) in [5.41, 5.74) is 2.53. The number of aromatic nitrogens is 1. The van der Waals surface area contributed by atoms with Gasteiger partial charge in [0.15, 0.2) is 0 Å². The lowest BCUT2D eigenvalue weighted by atomic mass is 10.1. The first-order chi connectivity index (χ1) is 10.6. The number of carbonyl (C=O) groups is 1. The molecule has 0 saturated heterocycles. The highest BCUT2D eigenvalue weighted by atomic mass is 16.1. The first kappa shape index (κ1) is 14.8. The summed E-state index contributed by atoms with van der Waals surface area (Å²) in [6.45, 7) is 1.98. The summed E-state index contributed by atoms with van der Waals surface area (Å²) in [6.07, 6.45) is 5.43. The van der Waals surface area contributed by atoms with Gasteiger partial charge in [0.05, 0.1) is 5.52 Å². The van der Waals surface area contributed by atoms with Gasteiger partial charge in [-0.1, -0.05) is 31.0 Å². The lowest BCUT2D eigenvalue weighted by molar-refractivity contribution is -0.121. The molecule has 2 N–H and O–H groups in total. The van der Waals surface area contributed by atoms with Gasteiger partial charge in [0, 0.05) is 18.0 Å². The molecule has 0 bridgehead atoms. The number of para-hydroxylation sites is 1. The number of aryl methyl sites for hydroxylation is 2. The Morgan fingerprint density at radius 1 is 1.32 bits per heavy atom. The largest absolute Gasteiger partial charge is 0.353 e. The van der Waals surface area contributed by atoms with Crippen LogP contribution in [-0.4, -0.2) is 16.9 Å². The minimum absolute atomic E-state index is 0.0515. The van der Waals surface area contributed by atoms with Crippen LogP contribution in [-0.2, 0) is 11.2 Å². The van der Waals surface area contributed by atoms with Crippen molar-refractivity contribution in [1.82, 2.24) is 10.3 Å². The molecule has 1 aromatic carbocycles. The Morgan fingerprint density at radius 2 is 2.09 bits per heavy atom. The number of rotatable bonds is 4. The van der Waals surface area contributed by atoms with E-state index in [1.54, 1.807) is 0 Å². The minimum atomic E-state index is -0.0875. The van der Waals surface area contributed by atoms with Gasteiger partial charge in [-0.25, -0.2) is 0 Å². The normalized spacial score (nSPS) is 15.3. The zero-order valence-corrected chi connectivity index (χ0v) is 12.9. The number of carbonyl (C=O) groups excluding carboxylic acids is 1. The van der Waals surface area contributed by atoms with Crippen LogP contribution < -0.4 is 10.9 Å². The van der Waals surface area contributed by atoms with E-state index < -0.39 is 0 Å². The van der Waals surface area contributed by atoms with E-state index in [2.05, 4.69) is 10.3 Å². The van der Waals surface area contributed by atoms with Gasteiger partial charge in [0.25, 0.3) is 5.56 Å². The number of pyridine rings is 1. The molecule has 1 aliphatic rings. The fourth-order valence-corrected chi connectivity index (χ4v) is 3.23. The van der Waals surface area contributed by atoms with Gasteiger partial charge in [-0.05, 0) is 43.2 Å². The summed E-state index contributed by atoms with van der Waals surface area (Å²) < 4.78 is 0. The van der Waals surface area contributed by atoms with Gasteiger partial charge in [-0.2, -0.15) is 0 Å². The summed E-state index contributed by atoms with van der Waals surface area (Å²) in [4.78, 5) is 27.1. The van der Waals surface area contributed by atoms with Crippen molar-refractivity contribution < 1.29 is 4.79 Å². The molecule has 0 aliphatic heterocycles. The van der Waals surface area contributed by atoms with Crippen LogP contribution >= 0.6 is 0 Å². The molecule has 1 heterocycles. The first-order valence-electron chi connectivity index (χ1n) is 8.04. The Kier molecular flexibility index (Phi) is 4.27. The van der Waals surface area contributed by atoms with Crippen LogP contribution in [0.4, 0.5) is 0 Å². The minimum Gasteiger partial charge on any atom is -0.353 e. The van der Waals surface area contributed by atoms with E-state index >= 15 is 0 Å². The Balaban J connectivity index is 1.69. The molecule has 0 radical (unpaired) electrons. The highest BCUT2D eigenvalue weighted by Gasteiger charge is 2.17. The maximum atomic E-state index is 12.2. The molecule has 0 atom stereocenters. The monoisotopic (exact) mass is 298 g/mol. The van der Waals surface area contributed by atoms with Gasteiger partial charge < -0.3 is 10.3 Å². The molecule has 1 fully saturated rings. The zero-order chi connectivity index (χ0) is 15.5. The van der Waals surface area contributed by atoms with Crippen molar-refractivity contribution in [2.24, 2.45) is 0 Å². The van der Waals surface area contributed by atoms with E-state index in [1.165, 1.54) is 12.8 Å². The number of fused-ring (bicyclic) bond motifs is 1. The lowest BCUT2D eigenvalue weighted by Crippen LogP contribution is -2.33. The smallest absolute Gasteiger partial charge is 0.251 e. The molecule has 2 aromatic rings. The van der Waals surface area contributed by atoms with E-state index in [9.17, 15) is 9.59 Å². The van der Waals surface area contributed by atoms with E-state index in [0.717, 1.165) is 29.3 Å². The molecular formula is C18H22N2O2. The molecule has 1 saturated carbocycles. The van der Waals surface area contributed by atoms with E-state index in [4.69, 9.17) is 0 Å². The maximum Gasteiger partial charge on any atom is 0.251 e. The van der Waals surface area contributed by atoms with Crippen molar-refractivity contribution in [3.05, 3.63) is 45.7 Å².